The molecule has 6 rings (SSSR count). The van der Waals surface area contributed by atoms with Crippen molar-refractivity contribution >= 4 is 17.5 Å². The molecule has 4 fully saturated rings. The maximum absolute atomic E-state index is 14.4. The second kappa shape index (κ2) is 14.8. The molecule has 1 aromatic heterocycles. The maximum atomic E-state index is 14.4. The van der Waals surface area contributed by atoms with Crippen LogP contribution in [0.5, 0.6) is 11.5 Å². The van der Waals surface area contributed by atoms with E-state index in [0.29, 0.717) is 48.7 Å². The molecule has 1 aromatic carbocycles. The number of ketones is 1. The fraction of sp³-hybridized carbons (Fsp3) is 0.692. The zero-order valence-electron chi connectivity index (χ0n) is 30.9. The van der Waals surface area contributed by atoms with E-state index in [1.165, 1.54) is 37.4 Å². The number of aromatic nitrogens is 2. The monoisotopic (exact) mass is 693 g/mol. The highest BCUT2D eigenvalue weighted by Gasteiger charge is 2.55. The minimum absolute atomic E-state index is 0.0555. The number of hydrogen-bond acceptors (Lipinski definition) is 9. The maximum Gasteiger partial charge on any atom is 0.258 e. The molecule has 2 aromatic rings. The number of rotatable bonds is 12. The third kappa shape index (κ3) is 7.41. The fourth-order valence-electron chi connectivity index (χ4n) is 9.60. The summed E-state index contributed by atoms with van der Waals surface area (Å²) in [4.78, 5) is 42.2. The largest absolute Gasteiger partial charge is 0.451 e. The van der Waals surface area contributed by atoms with Gasteiger partial charge < -0.3 is 28.9 Å². The third-order valence-corrected chi connectivity index (χ3v) is 12.0. The van der Waals surface area contributed by atoms with Crippen molar-refractivity contribution in [2.75, 3.05) is 65.1 Å². The first-order valence-corrected chi connectivity index (χ1v) is 18.5. The number of carbonyl (C=O) groups excluding carboxylic acids is 2. The van der Waals surface area contributed by atoms with E-state index in [0.717, 1.165) is 64.8 Å². The van der Waals surface area contributed by atoms with E-state index in [1.807, 2.05) is 27.7 Å². The topological polar surface area (TPSA) is 97.3 Å². The summed E-state index contributed by atoms with van der Waals surface area (Å²) >= 11 is 0. The van der Waals surface area contributed by atoms with Crippen molar-refractivity contribution < 1.29 is 28.2 Å². The van der Waals surface area contributed by atoms with Crippen LogP contribution in [0, 0.1) is 28.0 Å². The molecule has 2 saturated heterocycles. The van der Waals surface area contributed by atoms with Gasteiger partial charge in [-0.25, -0.2) is 14.4 Å². The van der Waals surface area contributed by atoms with Crippen LogP contribution in [0.3, 0.4) is 0 Å². The standard InChI is InChI=1S/C39H56FN5O5/c1-27(2)45(28(3)4)36(47)31-17-30(40)7-8-32(31)50-33-19-41-26-42-35(33)44-22-38(23-44)13-15-43(16-14-38)20-29-9-11-37(12-10-29)18-34(46)39(21-37,24-48-5)25-49-6/h7-8,17,19,26-29H,9-16,18,20-25H2,1-6H3. The molecule has 0 bridgehead atoms. The molecule has 2 aliphatic heterocycles. The van der Waals surface area contributed by atoms with Crippen LogP contribution in [0.1, 0.15) is 89.4 Å². The van der Waals surface area contributed by atoms with Crippen molar-refractivity contribution in [2.24, 2.45) is 22.2 Å². The normalized spacial score (nSPS) is 24.7. The van der Waals surface area contributed by atoms with Crippen LogP contribution in [0.2, 0.25) is 0 Å². The molecule has 1 amide bonds. The fourth-order valence-corrected chi connectivity index (χ4v) is 9.60. The summed E-state index contributed by atoms with van der Waals surface area (Å²) < 4.78 is 31.7. The number of ether oxygens (including phenoxy) is 3. The van der Waals surface area contributed by atoms with Gasteiger partial charge in [-0.1, -0.05) is 0 Å². The van der Waals surface area contributed by atoms with E-state index in [4.69, 9.17) is 14.2 Å². The van der Waals surface area contributed by atoms with E-state index in [-0.39, 0.29) is 34.4 Å². The lowest BCUT2D eigenvalue weighted by Crippen LogP contribution is -2.61. The van der Waals surface area contributed by atoms with Gasteiger partial charge in [0.05, 0.1) is 30.4 Å². The summed E-state index contributed by atoms with van der Waals surface area (Å²) in [5.41, 5.74) is 0.0760. The summed E-state index contributed by atoms with van der Waals surface area (Å²) in [6.07, 6.45) is 11.6. The quantitative estimate of drug-likeness (QED) is 0.251. The van der Waals surface area contributed by atoms with Crippen LogP contribution in [0.4, 0.5) is 10.2 Å². The number of anilines is 1. The van der Waals surface area contributed by atoms with Crippen LogP contribution >= 0.6 is 0 Å². The highest BCUT2D eigenvalue weighted by atomic mass is 19.1. The van der Waals surface area contributed by atoms with Crippen LogP contribution in [-0.2, 0) is 14.3 Å². The van der Waals surface area contributed by atoms with Crippen LogP contribution < -0.4 is 9.64 Å². The average molecular weight is 694 g/mol. The molecule has 50 heavy (non-hydrogen) atoms. The Labute approximate surface area is 297 Å². The van der Waals surface area contributed by atoms with Gasteiger partial charge in [-0.2, -0.15) is 0 Å². The number of methoxy groups -OCH3 is 2. The van der Waals surface area contributed by atoms with Crippen molar-refractivity contribution in [1.29, 1.82) is 0 Å². The Hall–Kier alpha value is -3.15. The zero-order chi connectivity index (χ0) is 35.7. The zero-order valence-corrected chi connectivity index (χ0v) is 30.9. The Morgan fingerprint density at radius 2 is 1.64 bits per heavy atom. The van der Waals surface area contributed by atoms with E-state index >= 15 is 0 Å². The van der Waals surface area contributed by atoms with Crippen LogP contribution in [-0.4, -0.2) is 104 Å². The Balaban J connectivity index is 1.02. The molecule has 0 N–H and O–H groups in total. The highest BCUT2D eigenvalue weighted by Crippen LogP contribution is 2.56. The van der Waals surface area contributed by atoms with Gasteiger partial charge in [0.1, 0.15) is 23.7 Å². The molecule has 4 aliphatic rings. The molecule has 0 unspecified atom stereocenters. The van der Waals surface area contributed by atoms with Crippen molar-refractivity contribution in [3.63, 3.8) is 0 Å². The van der Waals surface area contributed by atoms with Gasteiger partial charge in [0.15, 0.2) is 11.6 Å². The summed E-state index contributed by atoms with van der Waals surface area (Å²) in [5, 5.41) is 0. The van der Waals surface area contributed by atoms with E-state index in [2.05, 4.69) is 19.8 Å². The van der Waals surface area contributed by atoms with Crippen LogP contribution in [0.15, 0.2) is 30.7 Å². The van der Waals surface area contributed by atoms with Gasteiger partial charge in [0, 0.05) is 57.8 Å². The molecule has 2 saturated carbocycles. The molecule has 274 valence electrons. The summed E-state index contributed by atoms with van der Waals surface area (Å²) in [6, 6.07) is 3.97. The predicted molar refractivity (Wildman–Crippen MR) is 190 cm³/mol. The summed E-state index contributed by atoms with van der Waals surface area (Å²) in [7, 11) is 3.37. The Kier molecular flexibility index (Phi) is 10.9. The first-order valence-electron chi connectivity index (χ1n) is 18.5. The molecule has 0 atom stereocenters. The van der Waals surface area contributed by atoms with Crippen LogP contribution in [0.25, 0.3) is 0 Å². The molecule has 11 heteroatoms. The SMILES string of the molecule is COCC1(COC)CC2(CCC(CN3CCC4(CC3)CN(c3ncncc3Oc3ccc(F)cc3C(=O)N(C(C)C)C(C)C)C4)CC2)CC1=O. The van der Waals surface area contributed by atoms with E-state index < -0.39 is 11.2 Å². The van der Waals surface area contributed by atoms with Gasteiger partial charge in [-0.15, -0.1) is 0 Å². The van der Waals surface area contributed by atoms with Gasteiger partial charge in [-0.05, 0) is 115 Å². The highest BCUT2D eigenvalue weighted by molar-refractivity contribution is 5.97. The predicted octanol–water partition coefficient (Wildman–Crippen LogP) is 6.39. The lowest BCUT2D eigenvalue weighted by molar-refractivity contribution is -0.132. The number of amides is 1. The number of hydrogen-bond donors (Lipinski definition) is 0. The van der Waals surface area contributed by atoms with Gasteiger partial charge in [-0.3, -0.25) is 9.59 Å². The van der Waals surface area contributed by atoms with Gasteiger partial charge in [0.25, 0.3) is 5.91 Å². The van der Waals surface area contributed by atoms with E-state index in [9.17, 15) is 14.0 Å². The van der Waals surface area contributed by atoms with Gasteiger partial charge >= 0.3 is 0 Å². The van der Waals surface area contributed by atoms with Crippen molar-refractivity contribution in [1.82, 2.24) is 19.8 Å². The number of benzene rings is 1. The summed E-state index contributed by atoms with van der Waals surface area (Å²) in [5.74, 6) is 1.69. The third-order valence-electron chi connectivity index (χ3n) is 12.0. The Bertz CT molecular complexity index is 1500. The Morgan fingerprint density at radius 1 is 0.980 bits per heavy atom. The minimum atomic E-state index is -0.488. The lowest BCUT2D eigenvalue weighted by Gasteiger charge is -2.55. The number of halogens is 1. The van der Waals surface area contributed by atoms with Crippen molar-refractivity contribution in [3.05, 3.63) is 42.1 Å². The molecular formula is C39H56FN5O5. The second-order valence-electron chi connectivity index (χ2n) is 16.4. The second-order valence-corrected chi connectivity index (χ2v) is 16.4. The Morgan fingerprint density at radius 3 is 2.26 bits per heavy atom. The molecular weight excluding hydrogens is 637 g/mol. The number of likely N-dealkylation sites (tertiary alicyclic amines) is 1. The number of Topliss-reactive ketones (excluding diaryl/α,β-unsaturated/α-hetero) is 1. The number of piperidine rings is 1. The summed E-state index contributed by atoms with van der Waals surface area (Å²) in [6.45, 7) is 13.8. The van der Waals surface area contributed by atoms with E-state index in [1.54, 1.807) is 25.3 Å². The molecule has 3 heterocycles. The number of carbonyl (C=O) groups is 2. The van der Waals surface area contributed by atoms with Crippen molar-refractivity contribution in [2.45, 2.75) is 91.1 Å². The first-order chi connectivity index (χ1) is 23.9. The first kappa shape index (κ1) is 36.6. The molecule has 0 radical (unpaired) electrons. The number of nitrogens with zero attached hydrogens (tertiary/aromatic N) is 5. The smallest absolute Gasteiger partial charge is 0.258 e. The lowest BCUT2D eigenvalue weighted by atomic mass is 9.67. The average Bonchev–Trinajstić information content (AvgIpc) is 3.32. The van der Waals surface area contributed by atoms with Crippen molar-refractivity contribution in [3.8, 4) is 11.5 Å². The molecule has 2 aliphatic carbocycles. The molecule has 2 spiro atoms. The van der Waals surface area contributed by atoms with Gasteiger partial charge in [0.2, 0.25) is 0 Å². The molecule has 10 nitrogen and oxygen atoms in total. The minimum Gasteiger partial charge on any atom is -0.451 e.